The minimum Gasteiger partial charge on any atom is -0.445 e. The van der Waals surface area contributed by atoms with E-state index >= 15 is 0 Å². The van der Waals surface area contributed by atoms with Gasteiger partial charge < -0.3 is 19.1 Å². The van der Waals surface area contributed by atoms with Gasteiger partial charge in [0.1, 0.15) is 12.4 Å². The zero-order valence-electron chi connectivity index (χ0n) is 13.1. The minimum absolute atomic E-state index is 0.0836. The maximum Gasteiger partial charge on any atom is 0.410 e. The van der Waals surface area contributed by atoms with E-state index in [-0.39, 0.29) is 30.7 Å². The van der Waals surface area contributed by atoms with E-state index in [4.69, 9.17) is 14.2 Å². The number of carbonyl (C=O) groups excluding carboxylic acids is 2. The van der Waals surface area contributed by atoms with Gasteiger partial charge in [-0.15, -0.1) is 0 Å². The molecule has 2 aliphatic rings. The molecule has 124 valence electrons. The van der Waals surface area contributed by atoms with Crippen molar-refractivity contribution in [3.05, 3.63) is 35.9 Å². The highest BCUT2D eigenvalue weighted by Gasteiger charge is 2.40. The molecule has 6 heteroatoms. The van der Waals surface area contributed by atoms with Gasteiger partial charge in [-0.2, -0.15) is 0 Å². The summed E-state index contributed by atoms with van der Waals surface area (Å²) in [4.78, 5) is 25.9. The number of amides is 1. The molecule has 1 atom stereocenters. The number of likely N-dealkylation sites (tertiary alicyclic amines) is 1. The number of ketones is 1. The van der Waals surface area contributed by atoms with Crippen molar-refractivity contribution in [3.63, 3.8) is 0 Å². The molecule has 3 rings (SSSR count). The molecule has 1 aromatic carbocycles. The van der Waals surface area contributed by atoms with Gasteiger partial charge in [-0.05, 0) is 18.9 Å². The van der Waals surface area contributed by atoms with E-state index in [1.165, 1.54) is 0 Å². The SMILES string of the molecule is CC1OC(C2CCN(C(=O)OCc3ccccc3)CCC2=O)O1. The normalized spacial score (nSPS) is 28.0. The highest BCUT2D eigenvalue weighted by Crippen LogP contribution is 2.29. The van der Waals surface area contributed by atoms with Crippen LogP contribution in [-0.4, -0.2) is 42.4 Å². The summed E-state index contributed by atoms with van der Waals surface area (Å²) in [7, 11) is 0. The predicted molar refractivity (Wildman–Crippen MR) is 81.4 cm³/mol. The lowest BCUT2D eigenvalue weighted by Gasteiger charge is -2.37. The molecule has 0 N–H and O–H groups in total. The van der Waals surface area contributed by atoms with Crippen LogP contribution in [-0.2, 0) is 25.6 Å². The number of hydrogen-bond acceptors (Lipinski definition) is 5. The van der Waals surface area contributed by atoms with E-state index in [1.54, 1.807) is 11.8 Å². The first kappa shape index (κ1) is 16.0. The average molecular weight is 319 g/mol. The van der Waals surface area contributed by atoms with Crippen molar-refractivity contribution >= 4 is 11.9 Å². The lowest BCUT2D eigenvalue weighted by molar-refractivity contribution is -0.387. The first-order chi connectivity index (χ1) is 11.1. The van der Waals surface area contributed by atoms with Crippen LogP contribution < -0.4 is 0 Å². The largest absolute Gasteiger partial charge is 0.445 e. The van der Waals surface area contributed by atoms with Gasteiger partial charge in [0.15, 0.2) is 12.6 Å². The van der Waals surface area contributed by atoms with Crippen LogP contribution in [0.25, 0.3) is 0 Å². The Morgan fingerprint density at radius 3 is 2.70 bits per heavy atom. The molecule has 1 unspecified atom stereocenters. The van der Waals surface area contributed by atoms with Gasteiger partial charge in [0.05, 0.1) is 5.92 Å². The fraction of sp³-hybridized carbons (Fsp3) is 0.529. The minimum atomic E-state index is -0.460. The summed E-state index contributed by atoms with van der Waals surface area (Å²) in [6.45, 7) is 2.89. The molecular weight excluding hydrogens is 298 g/mol. The van der Waals surface area contributed by atoms with Crippen molar-refractivity contribution in [2.24, 2.45) is 5.92 Å². The van der Waals surface area contributed by atoms with Gasteiger partial charge in [-0.1, -0.05) is 30.3 Å². The number of carbonyl (C=O) groups is 2. The molecule has 2 fully saturated rings. The number of hydrogen-bond donors (Lipinski definition) is 0. The Morgan fingerprint density at radius 2 is 2.00 bits per heavy atom. The first-order valence-electron chi connectivity index (χ1n) is 7.93. The third-order valence-electron chi connectivity index (χ3n) is 4.20. The van der Waals surface area contributed by atoms with Gasteiger partial charge in [-0.3, -0.25) is 4.79 Å². The zero-order valence-corrected chi connectivity index (χ0v) is 13.1. The van der Waals surface area contributed by atoms with Gasteiger partial charge in [-0.25, -0.2) is 4.79 Å². The molecule has 0 bridgehead atoms. The number of ether oxygens (including phenoxy) is 3. The van der Waals surface area contributed by atoms with Crippen molar-refractivity contribution in [1.29, 1.82) is 0 Å². The Bertz CT molecular complexity index is 555. The second-order valence-corrected chi connectivity index (χ2v) is 5.85. The summed E-state index contributed by atoms with van der Waals surface area (Å²) >= 11 is 0. The van der Waals surface area contributed by atoms with Crippen molar-refractivity contribution in [2.75, 3.05) is 13.1 Å². The molecule has 0 radical (unpaired) electrons. The standard InChI is InChI=1S/C17H21NO5/c1-12-22-16(23-12)14-7-9-18(10-8-15(14)19)17(20)21-11-13-5-3-2-4-6-13/h2-6,12,14,16H,7-11H2,1H3. The van der Waals surface area contributed by atoms with Gasteiger partial charge in [0, 0.05) is 19.5 Å². The van der Waals surface area contributed by atoms with Gasteiger partial charge in [0.25, 0.3) is 0 Å². The number of rotatable bonds is 3. The van der Waals surface area contributed by atoms with Crippen molar-refractivity contribution in [3.8, 4) is 0 Å². The van der Waals surface area contributed by atoms with Crippen molar-refractivity contribution in [2.45, 2.75) is 39.0 Å². The molecule has 0 aliphatic carbocycles. The maximum atomic E-state index is 12.2. The Labute approximate surface area is 135 Å². The summed E-state index contributed by atoms with van der Waals surface area (Å²) in [5.74, 6) is -0.210. The van der Waals surface area contributed by atoms with E-state index in [1.807, 2.05) is 30.3 Å². The molecular formula is C17H21NO5. The molecule has 0 spiro atoms. The van der Waals surface area contributed by atoms with Gasteiger partial charge >= 0.3 is 6.09 Å². The molecule has 0 saturated carbocycles. The van der Waals surface area contributed by atoms with E-state index in [0.29, 0.717) is 25.9 Å². The fourth-order valence-electron chi connectivity index (χ4n) is 2.86. The molecule has 2 heterocycles. The van der Waals surface area contributed by atoms with Crippen LogP contribution in [0.15, 0.2) is 30.3 Å². The Morgan fingerprint density at radius 1 is 1.26 bits per heavy atom. The second-order valence-electron chi connectivity index (χ2n) is 5.85. The average Bonchev–Trinajstić information content (AvgIpc) is 2.72. The number of Topliss-reactive ketones (excluding diaryl/α,β-unsaturated/α-hetero) is 1. The Hall–Kier alpha value is -1.92. The fourth-order valence-corrected chi connectivity index (χ4v) is 2.86. The smallest absolute Gasteiger partial charge is 0.410 e. The van der Waals surface area contributed by atoms with Crippen LogP contribution in [0.5, 0.6) is 0 Å². The molecule has 23 heavy (non-hydrogen) atoms. The van der Waals surface area contributed by atoms with E-state index in [0.717, 1.165) is 5.56 Å². The molecule has 2 saturated heterocycles. The van der Waals surface area contributed by atoms with Crippen LogP contribution in [0, 0.1) is 5.92 Å². The summed E-state index contributed by atoms with van der Waals surface area (Å²) in [6, 6.07) is 9.52. The van der Waals surface area contributed by atoms with Crippen molar-refractivity contribution in [1.82, 2.24) is 4.90 Å². The Balaban J connectivity index is 1.50. The molecule has 2 aliphatic heterocycles. The second kappa shape index (κ2) is 7.10. The van der Waals surface area contributed by atoms with E-state index in [9.17, 15) is 9.59 Å². The van der Waals surface area contributed by atoms with Crippen LogP contribution >= 0.6 is 0 Å². The number of nitrogens with zero attached hydrogens (tertiary/aromatic N) is 1. The first-order valence-corrected chi connectivity index (χ1v) is 7.93. The lowest BCUT2D eigenvalue weighted by Crippen LogP contribution is -2.46. The summed E-state index contributed by atoms with van der Waals surface area (Å²) in [5.41, 5.74) is 0.940. The molecule has 0 aromatic heterocycles. The van der Waals surface area contributed by atoms with Crippen molar-refractivity contribution < 1.29 is 23.8 Å². The maximum absolute atomic E-state index is 12.2. The monoisotopic (exact) mass is 319 g/mol. The predicted octanol–water partition coefficient (Wildman–Crippen LogP) is 2.32. The van der Waals surface area contributed by atoms with Crippen LogP contribution in [0.3, 0.4) is 0 Å². The summed E-state index contributed by atoms with van der Waals surface area (Å²) in [6.07, 6.45) is -0.244. The highest BCUT2D eigenvalue weighted by molar-refractivity contribution is 5.82. The van der Waals surface area contributed by atoms with Crippen LogP contribution in [0.4, 0.5) is 4.79 Å². The molecule has 6 nitrogen and oxygen atoms in total. The quantitative estimate of drug-likeness (QED) is 0.855. The lowest BCUT2D eigenvalue weighted by atomic mass is 9.98. The van der Waals surface area contributed by atoms with Gasteiger partial charge in [0.2, 0.25) is 0 Å². The molecule has 1 aromatic rings. The zero-order chi connectivity index (χ0) is 16.2. The van der Waals surface area contributed by atoms with E-state index in [2.05, 4.69) is 0 Å². The highest BCUT2D eigenvalue weighted by atomic mass is 16.9. The van der Waals surface area contributed by atoms with Crippen LogP contribution in [0.1, 0.15) is 25.3 Å². The molecule has 1 amide bonds. The number of benzene rings is 1. The third kappa shape index (κ3) is 3.89. The van der Waals surface area contributed by atoms with Crippen LogP contribution in [0.2, 0.25) is 0 Å². The topological polar surface area (TPSA) is 65.1 Å². The summed E-state index contributed by atoms with van der Waals surface area (Å²) in [5, 5.41) is 0. The summed E-state index contributed by atoms with van der Waals surface area (Å²) < 4.78 is 16.2. The van der Waals surface area contributed by atoms with E-state index < -0.39 is 6.29 Å². The third-order valence-corrected chi connectivity index (χ3v) is 4.20. The Kier molecular flexibility index (Phi) is 4.93.